The number of thiophene rings is 1. The van der Waals surface area contributed by atoms with Crippen LogP contribution < -0.4 is 5.32 Å². The highest BCUT2D eigenvalue weighted by Crippen LogP contribution is 2.44. The van der Waals surface area contributed by atoms with Crippen molar-refractivity contribution in [3.63, 3.8) is 0 Å². The summed E-state index contributed by atoms with van der Waals surface area (Å²) in [7, 11) is 0. The van der Waals surface area contributed by atoms with E-state index in [-0.39, 0.29) is 18.2 Å². The van der Waals surface area contributed by atoms with Gasteiger partial charge in [0.15, 0.2) is 0 Å². The molecule has 1 aromatic heterocycles. The van der Waals surface area contributed by atoms with Crippen molar-refractivity contribution >= 4 is 17.0 Å². The molecule has 0 bridgehead atoms. The van der Waals surface area contributed by atoms with Gasteiger partial charge < -0.3 is 14.8 Å². The second-order valence-corrected chi connectivity index (χ2v) is 6.36. The van der Waals surface area contributed by atoms with Crippen LogP contribution in [0.5, 0.6) is 0 Å². The molecule has 2 aliphatic heterocycles. The standard InChI is InChI=1S/C17H19NO2S/c1-2-11-3-4-14-13(9-11)16-17(20-7-6-19-16)15(18-14)12-5-8-21-10-12/h3-5,8-10,15-18H,2,6-7H2,1H3/t15-,16+,17-/m0/s1. The van der Waals surface area contributed by atoms with Gasteiger partial charge in [-0.25, -0.2) is 0 Å². The highest BCUT2D eigenvalue weighted by Gasteiger charge is 2.41. The molecule has 2 aromatic rings. The van der Waals surface area contributed by atoms with Crippen molar-refractivity contribution in [1.29, 1.82) is 0 Å². The summed E-state index contributed by atoms with van der Waals surface area (Å²) < 4.78 is 12.1. The van der Waals surface area contributed by atoms with Crippen LogP contribution in [0.4, 0.5) is 5.69 Å². The van der Waals surface area contributed by atoms with Crippen LogP contribution in [0.25, 0.3) is 0 Å². The molecule has 0 spiro atoms. The Morgan fingerprint density at radius 3 is 2.95 bits per heavy atom. The number of rotatable bonds is 2. The Morgan fingerprint density at radius 2 is 2.14 bits per heavy atom. The monoisotopic (exact) mass is 301 g/mol. The van der Waals surface area contributed by atoms with Crippen LogP contribution in [0, 0.1) is 0 Å². The first-order valence-corrected chi connectivity index (χ1v) is 8.46. The maximum Gasteiger partial charge on any atom is 0.113 e. The Balaban J connectivity index is 1.77. The van der Waals surface area contributed by atoms with Crippen molar-refractivity contribution < 1.29 is 9.47 Å². The molecule has 0 saturated carbocycles. The second kappa shape index (κ2) is 5.44. The van der Waals surface area contributed by atoms with Gasteiger partial charge in [0.2, 0.25) is 0 Å². The molecule has 0 unspecified atom stereocenters. The number of ether oxygens (including phenoxy) is 2. The topological polar surface area (TPSA) is 30.5 Å². The highest BCUT2D eigenvalue weighted by atomic mass is 32.1. The molecular formula is C17H19NO2S. The molecule has 4 heteroatoms. The van der Waals surface area contributed by atoms with Crippen LogP contribution in [0.15, 0.2) is 35.0 Å². The van der Waals surface area contributed by atoms with E-state index in [9.17, 15) is 0 Å². The van der Waals surface area contributed by atoms with Crippen molar-refractivity contribution in [3.8, 4) is 0 Å². The molecule has 3 atom stereocenters. The van der Waals surface area contributed by atoms with E-state index in [4.69, 9.17) is 9.47 Å². The summed E-state index contributed by atoms with van der Waals surface area (Å²) in [5.74, 6) is 0. The fourth-order valence-corrected chi connectivity index (χ4v) is 3.95. The fourth-order valence-electron chi connectivity index (χ4n) is 3.25. The minimum Gasteiger partial charge on any atom is -0.375 e. The molecule has 21 heavy (non-hydrogen) atoms. The molecule has 2 aliphatic rings. The predicted molar refractivity (Wildman–Crippen MR) is 84.9 cm³/mol. The van der Waals surface area contributed by atoms with Crippen LogP contribution in [0.1, 0.15) is 35.8 Å². The van der Waals surface area contributed by atoms with Crippen molar-refractivity contribution in [3.05, 3.63) is 51.7 Å². The third kappa shape index (κ3) is 2.27. The van der Waals surface area contributed by atoms with Gasteiger partial charge in [-0.2, -0.15) is 11.3 Å². The Hall–Kier alpha value is -1.36. The van der Waals surface area contributed by atoms with Crippen LogP contribution in [0.3, 0.4) is 0 Å². The van der Waals surface area contributed by atoms with Crippen molar-refractivity contribution in [2.24, 2.45) is 0 Å². The average Bonchev–Trinajstić information content (AvgIpc) is 3.08. The summed E-state index contributed by atoms with van der Waals surface area (Å²) >= 11 is 1.72. The summed E-state index contributed by atoms with van der Waals surface area (Å²) in [4.78, 5) is 0. The summed E-state index contributed by atoms with van der Waals surface area (Å²) in [5, 5.41) is 7.96. The maximum absolute atomic E-state index is 6.07. The molecule has 3 heterocycles. The number of hydrogen-bond donors (Lipinski definition) is 1. The predicted octanol–water partition coefficient (Wildman–Crippen LogP) is 3.93. The van der Waals surface area contributed by atoms with E-state index in [2.05, 4.69) is 47.3 Å². The van der Waals surface area contributed by atoms with E-state index >= 15 is 0 Å². The van der Waals surface area contributed by atoms with Gasteiger partial charge in [-0.3, -0.25) is 0 Å². The summed E-state index contributed by atoms with van der Waals surface area (Å²) in [6, 6.07) is 8.98. The van der Waals surface area contributed by atoms with E-state index in [1.807, 2.05) is 0 Å². The molecule has 0 aliphatic carbocycles. The fraction of sp³-hybridized carbons (Fsp3) is 0.412. The second-order valence-electron chi connectivity index (χ2n) is 5.58. The number of anilines is 1. The largest absolute Gasteiger partial charge is 0.375 e. The summed E-state index contributed by atoms with van der Waals surface area (Å²) in [6.07, 6.45) is 1.12. The van der Waals surface area contributed by atoms with E-state index in [1.165, 1.54) is 22.4 Å². The van der Waals surface area contributed by atoms with Crippen molar-refractivity contribution in [2.45, 2.75) is 31.6 Å². The minimum atomic E-state index is 0.0337. The lowest BCUT2D eigenvalue weighted by atomic mass is 9.87. The van der Waals surface area contributed by atoms with Gasteiger partial charge >= 0.3 is 0 Å². The summed E-state index contributed by atoms with van der Waals surface area (Å²) in [6.45, 7) is 3.53. The first kappa shape index (κ1) is 13.3. The van der Waals surface area contributed by atoms with Gasteiger partial charge in [0.1, 0.15) is 12.2 Å². The molecular weight excluding hydrogens is 282 g/mol. The molecule has 1 aromatic carbocycles. The third-order valence-corrected chi connectivity index (χ3v) is 5.06. The van der Waals surface area contributed by atoms with Gasteiger partial charge in [-0.1, -0.05) is 19.1 Å². The molecule has 0 radical (unpaired) electrons. The first-order valence-electron chi connectivity index (χ1n) is 7.51. The van der Waals surface area contributed by atoms with Gasteiger partial charge in [-0.05, 0) is 40.4 Å². The molecule has 0 amide bonds. The summed E-state index contributed by atoms with van der Waals surface area (Å²) in [5.41, 5.74) is 5.05. The first-order chi connectivity index (χ1) is 10.4. The normalized spacial score (nSPS) is 27.6. The van der Waals surface area contributed by atoms with Gasteiger partial charge in [0.05, 0.1) is 19.3 Å². The Morgan fingerprint density at radius 1 is 1.24 bits per heavy atom. The van der Waals surface area contributed by atoms with E-state index in [0.717, 1.165) is 6.42 Å². The molecule has 3 nitrogen and oxygen atoms in total. The Labute approximate surface area is 128 Å². The molecule has 1 N–H and O–H groups in total. The smallest absolute Gasteiger partial charge is 0.113 e. The minimum absolute atomic E-state index is 0.0337. The number of nitrogens with one attached hydrogen (secondary N) is 1. The average molecular weight is 301 g/mol. The number of hydrogen-bond acceptors (Lipinski definition) is 4. The van der Waals surface area contributed by atoms with Gasteiger partial charge in [0.25, 0.3) is 0 Å². The number of aryl methyl sites for hydroxylation is 1. The zero-order valence-corrected chi connectivity index (χ0v) is 12.9. The number of benzene rings is 1. The lowest BCUT2D eigenvalue weighted by molar-refractivity contribution is -0.151. The van der Waals surface area contributed by atoms with E-state index in [0.29, 0.717) is 13.2 Å². The molecule has 4 rings (SSSR count). The lowest BCUT2D eigenvalue weighted by Gasteiger charge is -2.42. The number of fused-ring (bicyclic) bond motifs is 3. The van der Waals surface area contributed by atoms with Crippen LogP contribution in [0.2, 0.25) is 0 Å². The zero-order valence-electron chi connectivity index (χ0n) is 12.0. The molecule has 1 saturated heterocycles. The molecule has 1 fully saturated rings. The third-order valence-electron chi connectivity index (χ3n) is 4.36. The van der Waals surface area contributed by atoms with E-state index in [1.54, 1.807) is 11.3 Å². The van der Waals surface area contributed by atoms with Crippen LogP contribution >= 0.6 is 11.3 Å². The van der Waals surface area contributed by atoms with Gasteiger partial charge in [0, 0.05) is 11.3 Å². The Bertz CT molecular complexity index is 626. The van der Waals surface area contributed by atoms with E-state index < -0.39 is 0 Å². The maximum atomic E-state index is 6.07. The quantitative estimate of drug-likeness (QED) is 0.911. The SMILES string of the molecule is CCc1ccc2c(c1)[C@H]1OCCO[C@H]1[C@H](c1ccsc1)N2. The van der Waals surface area contributed by atoms with Crippen molar-refractivity contribution in [2.75, 3.05) is 18.5 Å². The Kier molecular flexibility index (Phi) is 3.45. The highest BCUT2D eigenvalue weighted by molar-refractivity contribution is 7.08. The zero-order chi connectivity index (χ0) is 14.2. The lowest BCUT2D eigenvalue weighted by Crippen LogP contribution is -2.43. The van der Waals surface area contributed by atoms with Crippen LogP contribution in [-0.2, 0) is 15.9 Å². The van der Waals surface area contributed by atoms with Gasteiger partial charge in [-0.15, -0.1) is 0 Å². The van der Waals surface area contributed by atoms with Crippen LogP contribution in [-0.4, -0.2) is 19.3 Å². The van der Waals surface area contributed by atoms with Crippen molar-refractivity contribution in [1.82, 2.24) is 0 Å². The molecule has 110 valence electrons.